The minimum atomic E-state index is -0.0395. The summed E-state index contributed by atoms with van der Waals surface area (Å²) in [6.07, 6.45) is 5.70. The zero-order chi connectivity index (χ0) is 24.5. The first-order valence-electron chi connectivity index (χ1n) is 12.5. The van der Waals surface area contributed by atoms with Gasteiger partial charge in [0.15, 0.2) is 0 Å². The van der Waals surface area contributed by atoms with Crippen molar-refractivity contribution in [2.45, 2.75) is 38.5 Å². The van der Waals surface area contributed by atoms with E-state index in [4.69, 9.17) is 9.47 Å². The molecule has 0 N–H and O–H groups in total. The third-order valence-corrected chi connectivity index (χ3v) is 8.51. The Bertz CT molecular complexity index is 1080. The lowest BCUT2D eigenvalue weighted by molar-refractivity contribution is -0.128. The Morgan fingerprint density at radius 2 is 1.51 bits per heavy atom. The summed E-state index contributed by atoms with van der Waals surface area (Å²) in [5, 5.41) is 0. The molecule has 0 unspecified atom stereocenters. The number of hydrogen-bond acceptors (Lipinski definition) is 6. The van der Waals surface area contributed by atoms with Crippen molar-refractivity contribution in [3.05, 3.63) is 44.6 Å². The number of rotatable bonds is 2. The van der Waals surface area contributed by atoms with Crippen molar-refractivity contribution in [2.24, 2.45) is 11.8 Å². The lowest BCUT2D eigenvalue weighted by Gasteiger charge is -2.42. The van der Waals surface area contributed by atoms with E-state index in [1.54, 1.807) is 11.1 Å². The molecule has 0 bridgehead atoms. The van der Waals surface area contributed by atoms with Gasteiger partial charge in [0.1, 0.15) is 11.6 Å². The van der Waals surface area contributed by atoms with E-state index in [0.29, 0.717) is 25.0 Å². The summed E-state index contributed by atoms with van der Waals surface area (Å²) in [5.74, 6) is 3.65. The van der Waals surface area contributed by atoms with Crippen molar-refractivity contribution in [3.8, 4) is 0 Å². The molecule has 4 aliphatic heterocycles. The molecule has 0 aromatic carbocycles. The van der Waals surface area contributed by atoms with Crippen molar-refractivity contribution in [3.63, 3.8) is 0 Å². The molecule has 2 saturated heterocycles. The fourth-order valence-electron chi connectivity index (χ4n) is 5.93. The van der Waals surface area contributed by atoms with Crippen LogP contribution in [0.4, 0.5) is 11.6 Å². The molecule has 4 aliphatic rings. The summed E-state index contributed by atoms with van der Waals surface area (Å²) in [4.78, 5) is 25.6. The van der Waals surface area contributed by atoms with Gasteiger partial charge in [-0.1, -0.05) is 0 Å². The molecule has 0 saturated carbocycles. The highest BCUT2D eigenvalue weighted by atomic mass is 79.9. The van der Waals surface area contributed by atoms with Gasteiger partial charge in [-0.15, -0.1) is 0 Å². The number of fused-ring (bicyclic) bond motifs is 6. The van der Waals surface area contributed by atoms with Gasteiger partial charge in [-0.2, -0.15) is 0 Å². The number of carbonyl (C=O) groups is 1. The molecule has 2 aromatic heterocycles. The number of aromatic nitrogens is 2. The summed E-state index contributed by atoms with van der Waals surface area (Å²) in [6, 6.07) is 4.34. The minimum absolute atomic E-state index is 0.0395. The molecule has 0 aliphatic carbocycles. The Kier molecular flexibility index (Phi) is 7.77. The van der Waals surface area contributed by atoms with Gasteiger partial charge in [-0.05, 0) is 82.2 Å². The van der Waals surface area contributed by atoms with Crippen molar-refractivity contribution in [1.29, 1.82) is 0 Å². The van der Waals surface area contributed by atoms with Crippen LogP contribution in [0.25, 0.3) is 0 Å². The Morgan fingerprint density at radius 3 is 2.20 bits per heavy atom. The molecule has 1 amide bonds. The molecule has 9 heteroatoms. The lowest BCUT2D eigenvalue weighted by atomic mass is 9.79. The molecule has 0 radical (unpaired) electrons. The number of hydrogen-bond donors (Lipinski definition) is 0. The minimum Gasteiger partial charge on any atom is -0.381 e. The molecule has 4 atom stereocenters. The average Bonchev–Trinajstić information content (AvgIpc) is 2.89. The maximum Gasteiger partial charge on any atom is 0.234 e. The summed E-state index contributed by atoms with van der Waals surface area (Å²) >= 11 is 7.00. The van der Waals surface area contributed by atoms with Crippen LogP contribution in [0.3, 0.4) is 0 Å². The number of amides is 1. The van der Waals surface area contributed by atoms with E-state index in [-0.39, 0.29) is 17.7 Å². The first kappa shape index (κ1) is 25.1. The average molecular weight is 608 g/mol. The smallest absolute Gasteiger partial charge is 0.234 e. The van der Waals surface area contributed by atoms with Crippen LogP contribution in [-0.2, 0) is 14.3 Å². The fourth-order valence-corrected chi connectivity index (χ4v) is 6.63. The summed E-state index contributed by atoms with van der Waals surface area (Å²) in [6.45, 7) is 9.98. The van der Waals surface area contributed by atoms with E-state index < -0.39 is 0 Å². The standard InChI is InChI=1S/C13H15BrN2O2.C13H17BrN2O/c1-2-16-12-10(5-8(14)6-15-12)9-3-4-18-7-11(9)13(16)17;1-2-16-7-9-8-17-4-3-11(9)12-5-10(14)6-15-13(12)16/h5-6,9,11H,2-4,7H2,1H3;5-6,9,11H,2-4,7-8H2,1H3/t9-,11+;9-,11-/m01/s1. The summed E-state index contributed by atoms with van der Waals surface area (Å²) < 4.78 is 13.1. The quantitative estimate of drug-likeness (QED) is 0.471. The lowest BCUT2D eigenvalue weighted by Crippen LogP contribution is -2.47. The fraction of sp³-hybridized carbons (Fsp3) is 0.577. The van der Waals surface area contributed by atoms with Crippen LogP contribution in [0, 0.1) is 11.8 Å². The van der Waals surface area contributed by atoms with Gasteiger partial charge in [-0.25, -0.2) is 9.97 Å². The predicted molar refractivity (Wildman–Crippen MR) is 143 cm³/mol. The molecular weight excluding hydrogens is 576 g/mol. The third-order valence-electron chi connectivity index (χ3n) is 7.64. The second-order valence-corrected chi connectivity index (χ2v) is 11.4. The molecular formula is C26H32Br2N4O3. The third kappa shape index (κ3) is 4.89. The van der Waals surface area contributed by atoms with E-state index in [0.717, 1.165) is 60.5 Å². The Labute approximate surface area is 223 Å². The Morgan fingerprint density at radius 1 is 0.886 bits per heavy atom. The van der Waals surface area contributed by atoms with E-state index in [2.05, 4.69) is 65.8 Å². The van der Waals surface area contributed by atoms with Gasteiger partial charge in [0, 0.05) is 71.6 Å². The highest BCUT2D eigenvalue weighted by Gasteiger charge is 2.42. The Balaban J connectivity index is 0.000000145. The van der Waals surface area contributed by atoms with Crippen LogP contribution in [0.15, 0.2) is 33.5 Å². The number of anilines is 2. The predicted octanol–water partition coefficient (Wildman–Crippen LogP) is 5.13. The molecule has 0 spiro atoms. The number of carbonyl (C=O) groups excluding carboxylic acids is 1. The van der Waals surface area contributed by atoms with Crippen molar-refractivity contribution in [1.82, 2.24) is 9.97 Å². The highest BCUT2D eigenvalue weighted by molar-refractivity contribution is 9.10. The molecule has 188 valence electrons. The Hall–Kier alpha value is -1.55. The second kappa shape index (κ2) is 10.8. The maximum atomic E-state index is 12.4. The monoisotopic (exact) mass is 606 g/mol. The first-order valence-corrected chi connectivity index (χ1v) is 14.1. The first-order chi connectivity index (χ1) is 17.0. The zero-order valence-electron chi connectivity index (χ0n) is 20.3. The molecule has 7 nitrogen and oxygen atoms in total. The van der Waals surface area contributed by atoms with Crippen LogP contribution >= 0.6 is 31.9 Å². The summed E-state index contributed by atoms with van der Waals surface area (Å²) in [7, 11) is 0. The summed E-state index contributed by atoms with van der Waals surface area (Å²) in [5.41, 5.74) is 2.58. The molecule has 2 fully saturated rings. The molecule has 35 heavy (non-hydrogen) atoms. The van der Waals surface area contributed by atoms with Crippen LogP contribution in [0.1, 0.15) is 49.7 Å². The van der Waals surface area contributed by atoms with Crippen molar-refractivity contribution < 1.29 is 14.3 Å². The van der Waals surface area contributed by atoms with E-state index in [9.17, 15) is 4.79 Å². The molecule has 2 aromatic rings. The van der Waals surface area contributed by atoms with Gasteiger partial charge >= 0.3 is 0 Å². The molecule has 6 rings (SSSR count). The number of nitrogens with zero attached hydrogens (tertiary/aromatic N) is 4. The van der Waals surface area contributed by atoms with E-state index in [1.165, 1.54) is 16.9 Å². The van der Waals surface area contributed by atoms with Crippen LogP contribution in [0.5, 0.6) is 0 Å². The number of ether oxygens (including phenoxy) is 2. The van der Waals surface area contributed by atoms with Crippen LogP contribution < -0.4 is 9.80 Å². The van der Waals surface area contributed by atoms with E-state index in [1.807, 2.05) is 13.1 Å². The second-order valence-electron chi connectivity index (χ2n) is 9.56. The molecule has 6 heterocycles. The van der Waals surface area contributed by atoms with Crippen molar-refractivity contribution >= 4 is 49.4 Å². The van der Waals surface area contributed by atoms with Crippen LogP contribution in [0.2, 0.25) is 0 Å². The topological polar surface area (TPSA) is 67.8 Å². The van der Waals surface area contributed by atoms with Gasteiger partial charge in [0.25, 0.3) is 0 Å². The van der Waals surface area contributed by atoms with E-state index >= 15 is 0 Å². The van der Waals surface area contributed by atoms with Gasteiger partial charge in [-0.3, -0.25) is 9.69 Å². The van der Waals surface area contributed by atoms with Gasteiger partial charge < -0.3 is 14.4 Å². The van der Waals surface area contributed by atoms with Gasteiger partial charge in [0.2, 0.25) is 5.91 Å². The number of halogens is 2. The van der Waals surface area contributed by atoms with Crippen molar-refractivity contribution in [2.75, 3.05) is 55.9 Å². The highest BCUT2D eigenvalue weighted by Crippen LogP contribution is 2.43. The van der Waals surface area contributed by atoms with Gasteiger partial charge in [0.05, 0.1) is 19.1 Å². The zero-order valence-corrected chi connectivity index (χ0v) is 23.4. The maximum absolute atomic E-state index is 12.4. The SMILES string of the molecule is CCN1C(=O)[C@@H]2COCC[C@H]2c2cc(Br)cnc21.CCN1C[C@@H]2COCC[C@H]2c2cc(Br)cnc21. The largest absolute Gasteiger partial charge is 0.381 e. The number of pyridine rings is 2. The normalized spacial score (nSPS) is 27.1. The van der Waals surface area contributed by atoms with Crippen LogP contribution in [-0.4, -0.2) is 61.9 Å².